The molecular formula is C13H14BrNOS. The van der Waals surface area contributed by atoms with E-state index in [1.165, 1.54) is 17.8 Å². The summed E-state index contributed by atoms with van der Waals surface area (Å²) >= 11 is 4.95. The number of hydrogen-bond acceptors (Lipinski definition) is 3. The van der Waals surface area contributed by atoms with E-state index in [9.17, 15) is 10.4 Å². The van der Waals surface area contributed by atoms with Crippen LogP contribution in [0.15, 0.2) is 15.9 Å². The van der Waals surface area contributed by atoms with Crippen LogP contribution in [0.25, 0.3) is 0 Å². The van der Waals surface area contributed by atoms with E-state index in [1.807, 2.05) is 12.1 Å². The number of nitrogens with zero attached hydrogens (tertiary/aromatic N) is 1. The molecule has 0 saturated heterocycles. The summed E-state index contributed by atoms with van der Waals surface area (Å²) in [7, 11) is 0. The number of thiophene rings is 1. The van der Waals surface area contributed by atoms with Gasteiger partial charge in [-0.25, -0.2) is 0 Å². The largest absolute Gasteiger partial charge is 0.386 e. The molecule has 4 heteroatoms. The van der Waals surface area contributed by atoms with Crippen LogP contribution in [0.2, 0.25) is 0 Å². The molecule has 4 unspecified atom stereocenters. The summed E-state index contributed by atoms with van der Waals surface area (Å²) in [5, 5.41) is 20.1. The fraction of sp³-hybridized carbons (Fsp3) is 0.615. The SMILES string of the molecule is N#CC1(C(O)c2ccc(Br)s2)CC2CCC1C2. The molecule has 2 bridgehead atoms. The molecule has 0 amide bonds. The molecule has 0 aromatic carbocycles. The minimum Gasteiger partial charge on any atom is -0.386 e. The second-order valence-electron chi connectivity index (χ2n) is 5.28. The third kappa shape index (κ3) is 1.68. The average Bonchev–Trinajstić information content (AvgIpc) is 3.02. The lowest BCUT2D eigenvalue weighted by Gasteiger charge is -2.34. The molecule has 0 spiro atoms. The molecule has 2 aliphatic rings. The Hall–Kier alpha value is -0.370. The van der Waals surface area contributed by atoms with Crippen molar-refractivity contribution in [2.24, 2.45) is 17.3 Å². The molecule has 0 radical (unpaired) electrons. The van der Waals surface area contributed by atoms with Gasteiger partial charge in [-0.2, -0.15) is 5.26 Å². The quantitative estimate of drug-likeness (QED) is 0.901. The van der Waals surface area contributed by atoms with E-state index in [2.05, 4.69) is 22.0 Å². The Labute approximate surface area is 113 Å². The molecule has 17 heavy (non-hydrogen) atoms. The van der Waals surface area contributed by atoms with E-state index < -0.39 is 11.5 Å². The van der Waals surface area contributed by atoms with Gasteiger partial charge in [-0.3, -0.25) is 0 Å². The zero-order chi connectivity index (χ0) is 12.0. The normalized spacial score (nSPS) is 37.0. The fourth-order valence-electron chi connectivity index (χ4n) is 3.63. The highest BCUT2D eigenvalue weighted by Gasteiger charge is 2.56. The molecule has 1 aromatic rings. The van der Waals surface area contributed by atoms with Gasteiger partial charge in [-0.15, -0.1) is 11.3 Å². The van der Waals surface area contributed by atoms with Crippen molar-refractivity contribution in [3.63, 3.8) is 0 Å². The summed E-state index contributed by atoms with van der Waals surface area (Å²) in [6.45, 7) is 0. The topological polar surface area (TPSA) is 44.0 Å². The summed E-state index contributed by atoms with van der Waals surface area (Å²) in [5.41, 5.74) is -0.521. The molecule has 2 nitrogen and oxygen atoms in total. The van der Waals surface area contributed by atoms with Gasteiger partial charge in [0.1, 0.15) is 6.10 Å². The van der Waals surface area contributed by atoms with Crippen molar-refractivity contribution in [2.45, 2.75) is 31.8 Å². The Morgan fingerprint density at radius 2 is 2.35 bits per heavy atom. The summed E-state index contributed by atoms with van der Waals surface area (Å²) in [4.78, 5) is 0.922. The average molecular weight is 312 g/mol. The predicted octanol–water partition coefficient (Wildman–Crippen LogP) is 3.87. The van der Waals surface area contributed by atoms with Gasteiger partial charge in [0.2, 0.25) is 0 Å². The molecule has 1 aromatic heterocycles. The predicted molar refractivity (Wildman–Crippen MR) is 70.5 cm³/mol. The molecule has 2 fully saturated rings. The van der Waals surface area contributed by atoms with Crippen LogP contribution in [0.5, 0.6) is 0 Å². The lowest BCUT2D eigenvalue weighted by atomic mass is 9.70. The van der Waals surface area contributed by atoms with Gasteiger partial charge in [-0.05, 0) is 59.2 Å². The number of hydrogen-bond donors (Lipinski definition) is 1. The monoisotopic (exact) mass is 311 g/mol. The maximum absolute atomic E-state index is 10.6. The van der Waals surface area contributed by atoms with Crippen molar-refractivity contribution in [3.05, 3.63) is 20.8 Å². The molecule has 4 atom stereocenters. The summed E-state index contributed by atoms with van der Waals surface area (Å²) < 4.78 is 1.02. The van der Waals surface area contributed by atoms with E-state index in [1.54, 1.807) is 0 Å². The zero-order valence-electron chi connectivity index (χ0n) is 9.40. The van der Waals surface area contributed by atoms with Crippen LogP contribution in [0.4, 0.5) is 0 Å². The van der Waals surface area contributed by atoms with Crippen molar-refractivity contribution in [2.75, 3.05) is 0 Å². The maximum Gasteiger partial charge on any atom is 0.107 e. The second kappa shape index (κ2) is 4.08. The number of fused-ring (bicyclic) bond motifs is 2. The van der Waals surface area contributed by atoms with Crippen molar-refractivity contribution >= 4 is 27.3 Å². The molecule has 2 saturated carbocycles. The van der Waals surface area contributed by atoms with Gasteiger partial charge in [0.25, 0.3) is 0 Å². The van der Waals surface area contributed by atoms with Crippen molar-refractivity contribution < 1.29 is 5.11 Å². The van der Waals surface area contributed by atoms with Crippen LogP contribution in [0.3, 0.4) is 0 Å². The second-order valence-corrected chi connectivity index (χ2v) is 7.77. The summed E-state index contributed by atoms with van der Waals surface area (Å²) in [6.07, 6.45) is 3.76. The van der Waals surface area contributed by atoms with Gasteiger partial charge >= 0.3 is 0 Å². The van der Waals surface area contributed by atoms with Gasteiger partial charge in [-0.1, -0.05) is 6.42 Å². The Morgan fingerprint density at radius 1 is 1.53 bits per heavy atom. The van der Waals surface area contributed by atoms with Crippen molar-refractivity contribution in [3.8, 4) is 6.07 Å². The molecular weight excluding hydrogens is 298 g/mol. The molecule has 1 heterocycles. The Bertz CT molecular complexity index is 480. The van der Waals surface area contributed by atoms with Gasteiger partial charge < -0.3 is 5.11 Å². The van der Waals surface area contributed by atoms with E-state index in [4.69, 9.17) is 0 Å². The number of aliphatic hydroxyl groups excluding tert-OH is 1. The Balaban J connectivity index is 1.94. The smallest absolute Gasteiger partial charge is 0.107 e. The Morgan fingerprint density at radius 3 is 2.82 bits per heavy atom. The highest BCUT2D eigenvalue weighted by Crippen LogP contribution is 2.61. The summed E-state index contributed by atoms with van der Waals surface area (Å²) in [6, 6.07) is 6.34. The fourth-order valence-corrected chi connectivity index (χ4v) is 5.15. The number of rotatable bonds is 2. The lowest BCUT2D eigenvalue weighted by molar-refractivity contribution is 0.0259. The van der Waals surface area contributed by atoms with Crippen LogP contribution >= 0.6 is 27.3 Å². The maximum atomic E-state index is 10.6. The third-order valence-corrected chi connectivity index (χ3v) is 6.13. The molecule has 1 N–H and O–H groups in total. The minimum atomic E-state index is -0.612. The van der Waals surface area contributed by atoms with Gasteiger partial charge in [0, 0.05) is 4.88 Å². The molecule has 0 aliphatic heterocycles. The van der Waals surface area contributed by atoms with E-state index in [0.29, 0.717) is 11.8 Å². The molecule has 2 aliphatic carbocycles. The minimum absolute atomic E-state index is 0.397. The van der Waals surface area contributed by atoms with E-state index >= 15 is 0 Å². The zero-order valence-corrected chi connectivity index (χ0v) is 11.8. The lowest BCUT2D eigenvalue weighted by Crippen LogP contribution is -2.32. The molecule has 90 valence electrons. The molecule has 3 rings (SSSR count). The standard InChI is InChI=1S/C13H14BrNOS/c14-11-4-3-10(17-11)12(16)13(7-15)6-8-1-2-9(13)5-8/h3-4,8-9,12,16H,1-2,5-6H2. The number of nitriles is 1. The highest BCUT2D eigenvalue weighted by molar-refractivity contribution is 9.11. The Kier molecular flexibility index (Phi) is 2.81. The van der Waals surface area contributed by atoms with E-state index in [-0.39, 0.29) is 0 Å². The number of halogens is 1. The van der Waals surface area contributed by atoms with Crippen LogP contribution in [0, 0.1) is 28.6 Å². The van der Waals surface area contributed by atoms with Gasteiger partial charge in [0.15, 0.2) is 0 Å². The van der Waals surface area contributed by atoms with Crippen LogP contribution in [-0.2, 0) is 0 Å². The highest BCUT2D eigenvalue weighted by atomic mass is 79.9. The first-order chi connectivity index (χ1) is 8.15. The van der Waals surface area contributed by atoms with Crippen LogP contribution in [-0.4, -0.2) is 5.11 Å². The van der Waals surface area contributed by atoms with Gasteiger partial charge in [0.05, 0.1) is 15.3 Å². The van der Waals surface area contributed by atoms with E-state index in [0.717, 1.165) is 27.9 Å². The van der Waals surface area contributed by atoms with Crippen molar-refractivity contribution in [1.82, 2.24) is 0 Å². The first kappa shape index (κ1) is 11.7. The van der Waals surface area contributed by atoms with Crippen molar-refractivity contribution in [1.29, 1.82) is 5.26 Å². The number of aliphatic hydroxyl groups is 1. The first-order valence-electron chi connectivity index (χ1n) is 6.00. The summed E-state index contributed by atoms with van der Waals surface area (Å²) in [5.74, 6) is 1.06. The van der Waals surface area contributed by atoms with Crippen LogP contribution < -0.4 is 0 Å². The third-order valence-electron chi connectivity index (χ3n) is 4.46. The van der Waals surface area contributed by atoms with Crippen LogP contribution in [0.1, 0.15) is 36.7 Å². The first-order valence-corrected chi connectivity index (χ1v) is 7.61.